The van der Waals surface area contributed by atoms with Crippen molar-refractivity contribution in [3.8, 4) is 11.4 Å². The first-order valence-corrected chi connectivity index (χ1v) is 7.01. The quantitative estimate of drug-likeness (QED) is 0.828. The van der Waals surface area contributed by atoms with Crippen molar-refractivity contribution in [3.63, 3.8) is 0 Å². The first kappa shape index (κ1) is 13.0. The SMILES string of the molecule is CC(=O)n1ccnc1-c1ccc(C2CCCC2)cc1F. The Kier molecular flexibility index (Phi) is 3.38. The standard InChI is InChI=1S/C16H17FN2O/c1-11(20)19-9-8-18-16(19)14-7-6-13(10-15(14)17)12-4-2-3-5-12/h6-10,12H,2-5H2,1H3. The Morgan fingerprint density at radius 1 is 1.35 bits per heavy atom. The highest BCUT2D eigenvalue weighted by atomic mass is 19.1. The Morgan fingerprint density at radius 3 is 2.75 bits per heavy atom. The van der Waals surface area contributed by atoms with Crippen molar-refractivity contribution in [2.45, 2.75) is 38.5 Å². The van der Waals surface area contributed by atoms with E-state index in [0.717, 1.165) is 18.4 Å². The van der Waals surface area contributed by atoms with Gasteiger partial charge in [0.2, 0.25) is 5.91 Å². The number of hydrogen-bond acceptors (Lipinski definition) is 2. The summed E-state index contributed by atoms with van der Waals surface area (Å²) in [6.45, 7) is 1.44. The lowest BCUT2D eigenvalue weighted by molar-refractivity contribution is 0.0938. The molecule has 1 heterocycles. The Balaban J connectivity index is 1.98. The highest BCUT2D eigenvalue weighted by Gasteiger charge is 2.20. The minimum absolute atomic E-state index is 0.170. The summed E-state index contributed by atoms with van der Waals surface area (Å²) in [5.41, 5.74) is 1.44. The van der Waals surface area contributed by atoms with E-state index in [-0.39, 0.29) is 11.7 Å². The summed E-state index contributed by atoms with van der Waals surface area (Å²) in [6.07, 6.45) is 7.80. The average molecular weight is 272 g/mol. The van der Waals surface area contributed by atoms with Gasteiger partial charge in [-0.1, -0.05) is 18.9 Å². The number of rotatable bonds is 2. The van der Waals surface area contributed by atoms with Gasteiger partial charge in [0.25, 0.3) is 0 Å². The molecule has 2 aromatic rings. The van der Waals surface area contributed by atoms with Crippen LogP contribution in [-0.4, -0.2) is 15.5 Å². The predicted molar refractivity (Wildman–Crippen MR) is 75.1 cm³/mol. The molecule has 20 heavy (non-hydrogen) atoms. The molecule has 4 heteroatoms. The van der Waals surface area contributed by atoms with Gasteiger partial charge in [0, 0.05) is 19.3 Å². The zero-order valence-corrected chi connectivity index (χ0v) is 11.5. The topological polar surface area (TPSA) is 34.9 Å². The van der Waals surface area contributed by atoms with E-state index in [4.69, 9.17) is 0 Å². The van der Waals surface area contributed by atoms with Crippen LogP contribution in [0, 0.1) is 5.82 Å². The lowest BCUT2D eigenvalue weighted by atomic mass is 9.96. The van der Waals surface area contributed by atoms with Crippen molar-refractivity contribution in [1.82, 2.24) is 9.55 Å². The van der Waals surface area contributed by atoms with E-state index in [0.29, 0.717) is 17.3 Å². The summed E-state index contributed by atoms with van der Waals surface area (Å²) >= 11 is 0. The predicted octanol–water partition coefficient (Wildman–Crippen LogP) is 4.01. The molecule has 0 aliphatic heterocycles. The van der Waals surface area contributed by atoms with Crippen LogP contribution < -0.4 is 0 Å². The van der Waals surface area contributed by atoms with Gasteiger partial charge in [0.15, 0.2) is 0 Å². The molecule has 0 bridgehead atoms. The van der Waals surface area contributed by atoms with E-state index in [1.54, 1.807) is 18.3 Å². The fourth-order valence-corrected chi connectivity index (χ4v) is 2.98. The van der Waals surface area contributed by atoms with E-state index in [1.807, 2.05) is 6.07 Å². The van der Waals surface area contributed by atoms with Gasteiger partial charge >= 0.3 is 0 Å². The van der Waals surface area contributed by atoms with Crippen molar-refractivity contribution >= 4 is 5.91 Å². The number of hydrogen-bond donors (Lipinski definition) is 0. The summed E-state index contributed by atoms with van der Waals surface area (Å²) in [6, 6.07) is 5.31. The highest BCUT2D eigenvalue weighted by molar-refractivity contribution is 5.81. The van der Waals surface area contributed by atoms with E-state index in [1.165, 1.54) is 30.5 Å². The zero-order chi connectivity index (χ0) is 14.1. The molecule has 0 atom stereocenters. The fourth-order valence-electron chi connectivity index (χ4n) is 2.98. The summed E-state index contributed by atoms with van der Waals surface area (Å²) in [5, 5.41) is 0. The van der Waals surface area contributed by atoms with Gasteiger partial charge in [-0.3, -0.25) is 9.36 Å². The summed E-state index contributed by atoms with van der Waals surface area (Å²) in [4.78, 5) is 15.6. The van der Waals surface area contributed by atoms with Crippen molar-refractivity contribution in [2.24, 2.45) is 0 Å². The first-order valence-electron chi connectivity index (χ1n) is 7.01. The Morgan fingerprint density at radius 2 is 2.10 bits per heavy atom. The van der Waals surface area contributed by atoms with Crippen LogP contribution in [0.3, 0.4) is 0 Å². The summed E-state index contributed by atoms with van der Waals surface area (Å²) in [5.74, 6) is 0.374. The molecule has 3 rings (SSSR count). The second-order valence-corrected chi connectivity index (χ2v) is 5.36. The van der Waals surface area contributed by atoms with Crippen LogP contribution in [0.15, 0.2) is 30.6 Å². The summed E-state index contributed by atoms with van der Waals surface area (Å²) < 4.78 is 15.7. The van der Waals surface area contributed by atoms with Crippen LogP contribution in [-0.2, 0) is 0 Å². The molecule has 0 N–H and O–H groups in total. The number of nitrogens with zero attached hydrogens (tertiary/aromatic N) is 2. The maximum Gasteiger partial charge on any atom is 0.229 e. The largest absolute Gasteiger partial charge is 0.274 e. The third-order valence-electron chi connectivity index (χ3n) is 4.04. The maximum atomic E-state index is 14.3. The Labute approximate surface area is 117 Å². The number of benzene rings is 1. The number of halogens is 1. The lowest BCUT2D eigenvalue weighted by Gasteiger charge is -2.11. The fraction of sp³-hybridized carbons (Fsp3) is 0.375. The molecule has 104 valence electrons. The van der Waals surface area contributed by atoms with Crippen molar-refractivity contribution in [2.75, 3.05) is 0 Å². The molecule has 1 fully saturated rings. The lowest BCUT2D eigenvalue weighted by Crippen LogP contribution is -2.07. The molecule has 0 radical (unpaired) electrons. The van der Waals surface area contributed by atoms with Gasteiger partial charge in [-0.25, -0.2) is 9.37 Å². The van der Waals surface area contributed by atoms with Gasteiger partial charge in [-0.05, 0) is 36.5 Å². The molecule has 1 aliphatic rings. The van der Waals surface area contributed by atoms with Crippen LogP contribution in [0.5, 0.6) is 0 Å². The number of carbonyl (C=O) groups excluding carboxylic acids is 1. The van der Waals surface area contributed by atoms with Crippen LogP contribution in [0.2, 0.25) is 0 Å². The molecule has 0 unspecified atom stereocenters. The van der Waals surface area contributed by atoms with Crippen molar-refractivity contribution < 1.29 is 9.18 Å². The molecule has 0 spiro atoms. The third-order valence-corrected chi connectivity index (χ3v) is 4.04. The minimum atomic E-state index is -0.303. The van der Waals surface area contributed by atoms with Gasteiger partial charge in [0.1, 0.15) is 11.6 Å². The number of imidazole rings is 1. The molecule has 0 saturated heterocycles. The number of carbonyl (C=O) groups is 1. The molecule has 1 aromatic carbocycles. The smallest absolute Gasteiger partial charge is 0.229 e. The normalized spacial score (nSPS) is 15.7. The van der Waals surface area contributed by atoms with Crippen LogP contribution in [0.1, 0.15) is 48.9 Å². The van der Waals surface area contributed by atoms with E-state index < -0.39 is 0 Å². The second-order valence-electron chi connectivity index (χ2n) is 5.36. The maximum absolute atomic E-state index is 14.3. The second kappa shape index (κ2) is 5.19. The molecule has 1 aliphatic carbocycles. The van der Waals surface area contributed by atoms with Crippen molar-refractivity contribution in [3.05, 3.63) is 42.0 Å². The summed E-state index contributed by atoms with van der Waals surface area (Å²) in [7, 11) is 0. The number of aromatic nitrogens is 2. The Hall–Kier alpha value is -1.97. The van der Waals surface area contributed by atoms with E-state index in [9.17, 15) is 9.18 Å². The van der Waals surface area contributed by atoms with Crippen LogP contribution >= 0.6 is 0 Å². The zero-order valence-electron chi connectivity index (χ0n) is 11.5. The molecule has 1 saturated carbocycles. The van der Waals surface area contributed by atoms with E-state index in [2.05, 4.69) is 4.98 Å². The van der Waals surface area contributed by atoms with Gasteiger partial charge < -0.3 is 0 Å². The van der Waals surface area contributed by atoms with Gasteiger partial charge in [-0.2, -0.15) is 0 Å². The van der Waals surface area contributed by atoms with Gasteiger partial charge in [0.05, 0.1) is 5.56 Å². The van der Waals surface area contributed by atoms with Crippen LogP contribution in [0.4, 0.5) is 4.39 Å². The molecule has 0 amide bonds. The molecular formula is C16H17FN2O. The average Bonchev–Trinajstić information content (AvgIpc) is 3.10. The first-order chi connectivity index (χ1) is 9.66. The van der Waals surface area contributed by atoms with Crippen molar-refractivity contribution in [1.29, 1.82) is 0 Å². The van der Waals surface area contributed by atoms with Crippen LogP contribution in [0.25, 0.3) is 11.4 Å². The highest BCUT2D eigenvalue weighted by Crippen LogP contribution is 2.35. The molecule has 1 aromatic heterocycles. The monoisotopic (exact) mass is 272 g/mol. The minimum Gasteiger partial charge on any atom is -0.274 e. The van der Waals surface area contributed by atoms with E-state index >= 15 is 0 Å². The Bertz CT molecular complexity index is 642. The molecule has 3 nitrogen and oxygen atoms in total. The third kappa shape index (κ3) is 2.26. The van der Waals surface area contributed by atoms with Gasteiger partial charge in [-0.15, -0.1) is 0 Å². The molecular weight excluding hydrogens is 255 g/mol.